The number of thioether (sulfide) groups is 1. The quantitative estimate of drug-likeness (QED) is 0.920. The van der Waals surface area contributed by atoms with Crippen LogP contribution in [0.5, 0.6) is 0 Å². The molecule has 2 heterocycles. The van der Waals surface area contributed by atoms with Crippen LogP contribution >= 0.6 is 11.8 Å². The Hall–Kier alpha value is -0.510. The van der Waals surface area contributed by atoms with Gasteiger partial charge in [0, 0.05) is 30.9 Å². The van der Waals surface area contributed by atoms with Crippen molar-refractivity contribution in [2.24, 2.45) is 0 Å². The third-order valence-electron chi connectivity index (χ3n) is 5.05. The van der Waals surface area contributed by atoms with Gasteiger partial charge in [0.1, 0.15) is 0 Å². The van der Waals surface area contributed by atoms with Crippen molar-refractivity contribution >= 4 is 11.8 Å². The van der Waals surface area contributed by atoms with Crippen molar-refractivity contribution in [3.8, 4) is 0 Å². The van der Waals surface area contributed by atoms with Crippen LogP contribution in [0, 0.1) is 0 Å². The predicted molar refractivity (Wildman–Crippen MR) is 92.9 cm³/mol. The van der Waals surface area contributed by atoms with E-state index in [1.165, 1.54) is 37.1 Å². The smallest absolute Gasteiger partial charge is 0.0535 e. The number of nitrogens with zero attached hydrogens (tertiary/aromatic N) is 1. The predicted octanol–water partition coefficient (Wildman–Crippen LogP) is 3.48. The monoisotopic (exact) mass is 304 g/mol. The van der Waals surface area contributed by atoms with Gasteiger partial charge in [-0.2, -0.15) is 11.8 Å². The van der Waals surface area contributed by atoms with E-state index in [1.54, 1.807) is 0 Å². The molecule has 0 radical (unpaired) electrons. The van der Waals surface area contributed by atoms with Crippen molar-refractivity contribution in [2.45, 2.75) is 49.9 Å². The molecule has 3 heteroatoms. The Morgan fingerprint density at radius 1 is 1.29 bits per heavy atom. The summed E-state index contributed by atoms with van der Waals surface area (Å²) >= 11 is 2.19. The van der Waals surface area contributed by atoms with Crippen molar-refractivity contribution in [1.29, 1.82) is 0 Å². The normalized spacial score (nSPS) is 34.8. The number of benzene rings is 1. The standard InChI is InChI=1S/C18H28N2S/c1-15-12-19-18(2,16-8-4-3-5-9-16)14-20(15)13-17-10-6-7-11-21-17/h3-5,8-9,15,17,19H,6-7,10-14H2,1-2H3. The number of rotatable bonds is 3. The summed E-state index contributed by atoms with van der Waals surface area (Å²) in [5, 5.41) is 4.63. The van der Waals surface area contributed by atoms with Crippen LogP contribution in [0.25, 0.3) is 0 Å². The topological polar surface area (TPSA) is 15.3 Å². The van der Waals surface area contributed by atoms with E-state index in [0.29, 0.717) is 6.04 Å². The van der Waals surface area contributed by atoms with Gasteiger partial charge in [0.15, 0.2) is 0 Å². The summed E-state index contributed by atoms with van der Waals surface area (Å²) in [5.41, 5.74) is 1.51. The van der Waals surface area contributed by atoms with Crippen molar-refractivity contribution in [1.82, 2.24) is 10.2 Å². The summed E-state index contributed by atoms with van der Waals surface area (Å²) < 4.78 is 0. The van der Waals surface area contributed by atoms with E-state index in [1.807, 2.05) is 0 Å². The van der Waals surface area contributed by atoms with Crippen molar-refractivity contribution in [3.63, 3.8) is 0 Å². The Morgan fingerprint density at radius 2 is 2.10 bits per heavy atom. The third kappa shape index (κ3) is 3.64. The summed E-state index contributed by atoms with van der Waals surface area (Å²) in [5.74, 6) is 1.36. The molecule has 2 saturated heterocycles. The molecule has 2 fully saturated rings. The molecular formula is C18H28N2S. The lowest BCUT2D eigenvalue weighted by Gasteiger charge is -2.46. The van der Waals surface area contributed by atoms with Gasteiger partial charge in [-0.15, -0.1) is 0 Å². The Bertz CT molecular complexity index is 444. The largest absolute Gasteiger partial charge is 0.305 e. The molecule has 3 unspecified atom stereocenters. The average Bonchev–Trinajstić information content (AvgIpc) is 2.53. The third-order valence-corrected chi connectivity index (χ3v) is 6.43. The maximum absolute atomic E-state index is 3.78. The maximum atomic E-state index is 3.78. The molecule has 0 aliphatic carbocycles. The molecule has 3 rings (SSSR count). The zero-order valence-electron chi connectivity index (χ0n) is 13.3. The van der Waals surface area contributed by atoms with Crippen LogP contribution in [0.2, 0.25) is 0 Å². The van der Waals surface area contributed by atoms with Crippen LogP contribution in [-0.4, -0.2) is 41.6 Å². The van der Waals surface area contributed by atoms with Gasteiger partial charge in [-0.3, -0.25) is 4.90 Å². The van der Waals surface area contributed by atoms with Crippen molar-refractivity contribution in [3.05, 3.63) is 35.9 Å². The molecule has 1 N–H and O–H groups in total. The Kier molecular flexibility index (Phi) is 4.92. The number of nitrogens with one attached hydrogen (secondary N) is 1. The van der Waals surface area contributed by atoms with Crippen LogP contribution < -0.4 is 5.32 Å². The SMILES string of the molecule is CC1CNC(C)(c2ccccc2)CN1CC1CCCCS1. The van der Waals surface area contributed by atoms with Crippen LogP contribution in [-0.2, 0) is 5.54 Å². The molecule has 1 aromatic carbocycles. The van der Waals surface area contributed by atoms with Gasteiger partial charge in [0.05, 0.1) is 5.54 Å². The Morgan fingerprint density at radius 3 is 2.81 bits per heavy atom. The summed E-state index contributed by atoms with van der Waals surface area (Å²) in [6.45, 7) is 8.19. The highest BCUT2D eigenvalue weighted by Gasteiger charge is 2.36. The van der Waals surface area contributed by atoms with Gasteiger partial charge in [-0.1, -0.05) is 36.8 Å². The maximum Gasteiger partial charge on any atom is 0.0535 e. The minimum Gasteiger partial charge on any atom is -0.305 e. The van der Waals surface area contributed by atoms with Crippen LogP contribution in [0.15, 0.2) is 30.3 Å². The molecule has 0 amide bonds. The van der Waals surface area contributed by atoms with E-state index in [4.69, 9.17) is 0 Å². The van der Waals surface area contributed by atoms with E-state index < -0.39 is 0 Å². The zero-order chi connectivity index (χ0) is 14.7. The van der Waals surface area contributed by atoms with Gasteiger partial charge >= 0.3 is 0 Å². The molecule has 0 bridgehead atoms. The fourth-order valence-electron chi connectivity index (χ4n) is 3.58. The first kappa shape index (κ1) is 15.4. The van der Waals surface area contributed by atoms with Crippen LogP contribution in [0.1, 0.15) is 38.7 Å². The Labute approximate surface area is 133 Å². The molecule has 2 nitrogen and oxygen atoms in total. The van der Waals surface area contributed by atoms with Gasteiger partial charge in [-0.05, 0) is 38.0 Å². The van der Waals surface area contributed by atoms with Crippen LogP contribution in [0.3, 0.4) is 0 Å². The van der Waals surface area contributed by atoms with E-state index in [2.05, 4.69) is 66.2 Å². The van der Waals surface area contributed by atoms with E-state index in [-0.39, 0.29) is 5.54 Å². The fourth-order valence-corrected chi connectivity index (χ4v) is 4.91. The number of hydrogen-bond donors (Lipinski definition) is 1. The second-order valence-electron chi connectivity index (χ2n) is 6.85. The molecule has 116 valence electrons. The lowest BCUT2D eigenvalue weighted by molar-refractivity contribution is 0.0940. The van der Waals surface area contributed by atoms with Crippen LogP contribution in [0.4, 0.5) is 0 Å². The van der Waals surface area contributed by atoms with E-state index in [9.17, 15) is 0 Å². The van der Waals surface area contributed by atoms with E-state index in [0.717, 1.165) is 18.3 Å². The second-order valence-corrected chi connectivity index (χ2v) is 8.25. The molecule has 0 aromatic heterocycles. The summed E-state index contributed by atoms with van der Waals surface area (Å²) in [7, 11) is 0. The molecule has 0 saturated carbocycles. The first-order valence-electron chi connectivity index (χ1n) is 8.33. The lowest BCUT2D eigenvalue weighted by Crippen LogP contribution is -2.61. The van der Waals surface area contributed by atoms with Crippen molar-refractivity contribution in [2.75, 3.05) is 25.4 Å². The highest BCUT2D eigenvalue weighted by Crippen LogP contribution is 2.30. The van der Waals surface area contributed by atoms with E-state index >= 15 is 0 Å². The highest BCUT2D eigenvalue weighted by molar-refractivity contribution is 7.99. The molecule has 0 spiro atoms. The lowest BCUT2D eigenvalue weighted by atomic mass is 9.88. The average molecular weight is 305 g/mol. The fraction of sp³-hybridized carbons (Fsp3) is 0.667. The Balaban J connectivity index is 1.69. The molecule has 3 atom stereocenters. The number of piperazine rings is 1. The second kappa shape index (κ2) is 6.72. The summed E-state index contributed by atoms with van der Waals surface area (Å²) in [6.07, 6.45) is 4.25. The highest BCUT2D eigenvalue weighted by atomic mass is 32.2. The first-order chi connectivity index (χ1) is 10.2. The number of hydrogen-bond acceptors (Lipinski definition) is 3. The minimum atomic E-state index is 0.0904. The zero-order valence-corrected chi connectivity index (χ0v) is 14.2. The van der Waals surface area contributed by atoms with Gasteiger partial charge in [0.2, 0.25) is 0 Å². The minimum absolute atomic E-state index is 0.0904. The van der Waals surface area contributed by atoms with Gasteiger partial charge < -0.3 is 5.32 Å². The van der Waals surface area contributed by atoms with Gasteiger partial charge in [0.25, 0.3) is 0 Å². The van der Waals surface area contributed by atoms with Crippen molar-refractivity contribution < 1.29 is 0 Å². The molecular weight excluding hydrogens is 276 g/mol. The first-order valence-corrected chi connectivity index (χ1v) is 9.38. The molecule has 2 aliphatic rings. The summed E-state index contributed by atoms with van der Waals surface area (Å²) in [4.78, 5) is 2.71. The van der Waals surface area contributed by atoms with Gasteiger partial charge in [-0.25, -0.2) is 0 Å². The summed E-state index contributed by atoms with van der Waals surface area (Å²) in [6, 6.07) is 11.6. The molecule has 21 heavy (non-hydrogen) atoms. The molecule has 1 aromatic rings. The molecule has 2 aliphatic heterocycles.